The average Bonchev–Trinajstić information content (AvgIpc) is 2.14. The van der Waals surface area contributed by atoms with Gasteiger partial charge in [0.15, 0.2) is 0 Å². The van der Waals surface area contributed by atoms with Crippen LogP contribution in [0.15, 0.2) is 12.2 Å². The predicted molar refractivity (Wildman–Crippen MR) is 47.6 cm³/mol. The number of hydrogen-bond donors (Lipinski definition) is 0. The minimum Gasteiger partial charge on any atom is -0.374 e. The Labute approximate surface area is 69.4 Å². The van der Waals surface area contributed by atoms with E-state index in [-0.39, 0.29) is 0 Å². The molecule has 0 fully saturated rings. The number of hydrogen-bond acceptors (Lipinski definition) is 1. The molecule has 64 valence electrons. The molecule has 1 rings (SSSR count). The second-order valence-corrected chi connectivity index (χ2v) is 3.61. The van der Waals surface area contributed by atoms with Crippen LogP contribution in [0.1, 0.15) is 33.1 Å². The zero-order valence-electron chi connectivity index (χ0n) is 7.55. The van der Waals surface area contributed by atoms with Crippen LogP contribution in [-0.2, 0) is 4.74 Å². The SMILES string of the molecule is CC(C)CC1C=CCCCO1. The van der Waals surface area contributed by atoms with E-state index in [4.69, 9.17) is 4.74 Å². The van der Waals surface area contributed by atoms with Gasteiger partial charge in [-0.3, -0.25) is 0 Å². The van der Waals surface area contributed by atoms with Gasteiger partial charge in [-0.05, 0) is 25.2 Å². The van der Waals surface area contributed by atoms with Gasteiger partial charge < -0.3 is 4.74 Å². The summed E-state index contributed by atoms with van der Waals surface area (Å²) >= 11 is 0. The third-order valence-corrected chi connectivity index (χ3v) is 1.90. The van der Waals surface area contributed by atoms with Crippen molar-refractivity contribution in [2.45, 2.75) is 39.2 Å². The standard InChI is InChI=1S/C10H18O/c1-9(2)8-10-6-4-3-5-7-11-10/h4,6,9-10H,3,5,7-8H2,1-2H3. The van der Waals surface area contributed by atoms with Crippen LogP contribution in [0, 0.1) is 5.92 Å². The first-order chi connectivity index (χ1) is 5.29. The second-order valence-electron chi connectivity index (χ2n) is 3.61. The highest BCUT2D eigenvalue weighted by atomic mass is 16.5. The highest BCUT2D eigenvalue weighted by molar-refractivity contribution is 4.91. The molecule has 1 nitrogen and oxygen atoms in total. The first-order valence-electron chi connectivity index (χ1n) is 4.57. The fourth-order valence-corrected chi connectivity index (χ4v) is 1.35. The molecule has 0 aliphatic carbocycles. The number of ether oxygens (including phenoxy) is 1. The second kappa shape index (κ2) is 4.55. The van der Waals surface area contributed by atoms with Crippen molar-refractivity contribution in [2.24, 2.45) is 5.92 Å². The largest absolute Gasteiger partial charge is 0.374 e. The van der Waals surface area contributed by atoms with Crippen LogP contribution in [0.3, 0.4) is 0 Å². The molecule has 0 aromatic heterocycles. The first kappa shape index (κ1) is 8.79. The molecule has 1 heteroatoms. The Morgan fingerprint density at radius 1 is 1.55 bits per heavy atom. The van der Waals surface area contributed by atoms with Crippen LogP contribution in [0.5, 0.6) is 0 Å². The maximum absolute atomic E-state index is 5.63. The fraction of sp³-hybridized carbons (Fsp3) is 0.800. The third-order valence-electron chi connectivity index (χ3n) is 1.90. The lowest BCUT2D eigenvalue weighted by Crippen LogP contribution is -2.12. The van der Waals surface area contributed by atoms with Gasteiger partial charge >= 0.3 is 0 Å². The van der Waals surface area contributed by atoms with E-state index >= 15 is 0 Å². The molecule has 0 saturated carbocycles. The van der Waals surface area contributed by atoms with Crippen molar-refractivity contribution in [1.82, 2.24) is 0 Å². The monoisotopic (exact) mass is 154 g/mol. The number of rotatable bonds is 2. The maximum Gasteiger partial charge on any atom is 0.0758 e. The van der Waals surface area contributed by atoms with Gasteiger partial charge in [-0.1, -0.05) is 26.0 Å². The molecule has 0 aromatic carbocycles. The normalized spacial score (nSPS) is 25.5. The molecule has 0 saturated heterocycles. The lowest BCUT2D eigenvalue weighted by atomic mass is 10.1. The summed E-state index contributed by atoms with van der Waals surface area (Å²) in [6.07, 6.45) is 8.39. The van der Waals surface area contributed by atoms with E-state index in [9.17, 15) is 0 Å². The van der Waals surface area contributed by atoms with Crippen LogP contribution in [0.25, 0.3) is 0 Å². The quantitative estimate of drug-likeness (QED) is 0.556. The van der Waals surface area contributed by atoms with E-state index in [1.165, 1.54) is 12.8 Å². The minimum absolute atomic E-state index is 0.387. The molecule has 1 aliphatic heterocycles. The Morgan fingerprint density at radius 2 is 2.36 bits per heavy atom. The molecule has 0 amide bonds. The summed E-state index contributed by atoms with van der Waals surface area (Å²) in [5.74, 6) is 0.739. The lowest BCUT2D eigenvalue weighted by molar-refractivity contribution is 0.0740. The van der Waals surface area contributed by atoms with Crippen LogP contribution >= 0.6 is 0 Å². The summed E-state index contributed by atoms with van der Waals surface area (Å²) < 4.78 is 5.63. The topological polar surface area (TPSA) is 9.23 Å². The minimum atomic E-state index is 0.387. The van der Waals surface area contributed by atoms with Crippen molar-refractivity contribution >= 4 is 0 Å². The molecule has 1 heterocycles. The first-order valence-corrected chi connectivity index (χ1v) is 4.57. The van der Waals surface area contributed by atoms with Crippen molar-refractivity contribution in [3.63, 3.8) is 0 Å². The van der Waals surface area contributed by atoms with Gasteiger partial charge in [0.2, 0.25) is 0 Å². The Morgan fingerprint density at radius 3 is 3.09 bits per heavy atom. The van der Waals surface area contributed by atoms with E-state index in [1.807, 2.05) is 0 Å². The predicted octanol–water partition coefficient (Wildman–Crippen LogP) is 2.77. The smallest absolute Gasteiger partial charge is 0.0758 e. The summed E-state index contributed by atoms with van der Waals surface area (Å²) in [5.41, 5.74) is 0. The van der Waals surface area contributed by atoms with Crippen LogP contribution < -0.4 is 0 Å². The summed E-state index contributed by atoms with van der Waals surface area (Å²) in [6, 6.07) is 0. The van der Waals surface area contributed by atoms with E-state index in [0.717, 1.165) is 18.9 Å². The third kappa shape index (κ3) is 3.57. The van der Waals surface area contributed by atoms with Gasteiger partial charge in [0.25, 0.3) is 0 Å². The summed E-state index contributed by atoms with van der Waals surface area (Å²) in [7, 11) is 0. The van der Waals surface area contributed by atoms with Gasteiger partial charge in [-0.2, -0.15) is 0 Å². The van der Waals surface area contributed by atoms with Gasteiger partial charge in [0.05, 0.1) is 6.10 Å². The van der Waals surface area contributed by atoms with Gasteiger partial charge in [0.1, 0.15) is 0 Å². The van der Waals surface area contributed by atoms with E-state index < -0.39 is 0 Å². The van der Waals surface area contributed by atoms with Gasteiger partial charge in [0, 0.05) is 6.61 Å². The fourth-order valence-electron chi connectivity index (χ4n) is 1.35. The van der Waals surface area contributed by atoms with Crippen LogP contribution in [0.2, 0.25) is 0 Å². The van der Waals surface area contributed by atoms with Crippen molar-refractivity contribution < 1.29 is 4.74 Å². The molecule has 0 radical (unpaired) electrons. The summed E-state index contributed by atoms with van der Waals surface area (Å²) in [6.45, 7) is 5.41. The molecule has 0 N–H and O–H groups in total. The highest BCUT2D eigenvalue weighted by Crippen LogP contribution is 2.13. The Kier molecular flexibility index (Phi) is 3.64. The zero-order valence-corrected chi connectivity index (χ0v) is 7.55. The van der Waals surface area contributed by atoms with Crippen molar-refractivity contribution in [3.8, 4) is 0 Å². The molecule has 0 spiro atoms. The molecule has 11 heavy (non-hydrogen) atoms. The number of allylic oxidation sites excluding steroid dienone is 1. The molecule has 1 unspecified atom stereocenters. The summed E-state index contributed by atoms with van der Waals surface area (Å²) in [4.78, 5) is 0. The van der Waals surface area contributed by atoms with Gasteiger partial charge in [-0.15, -0.1) is 0 Å². The summed E-state index contributed by atoms with van der Waals surface area (Å²) in [5, 5.41) is 0. The molecule has 1 atom stereocenters. The molecule has 0 bridgehead atoms. The zero-order chi connectivity index (χ0) is 8.10. The Hall–Kier alpha value is -0.300. The lowest BCUT2D eigenvalue weighted by Gasteiger charge is -2.13. The van der Waals surface area contributed by atoms with Crippen molar-refractivity contribution in [1.29, 1.82) is 0 Å². The van der Waals surface area contributed by atoms with E-state index in [2.05, 4.69) is 26.0 Å². The average molecular weight is 154 g/mol. The Bertz CT molecular complexity index is 127. The van der Waals surface area contributed by atoms with E-state index in [1.54, 1.807) is 0 Å². The van der Waals surface area contributed by atoms with Crippen LogP contribution in [0.4, 0.5) is 0 Å². The van der Waals surface area contributed by atoms with Crippen molar-refractivity contribution in [2.75, 3.05) is 6.61 Å². The van der Waals surface area contributed by atoms with Gasteiger partial charge in [-0.25, -0.2) is 0 Å². The van der Waals surface area contributed by atoms with Crippen LogP contribution in [-0.4, -0.2) is 12.7 Å². The molecular formula is C10H18O. The maximum atomic E-state index is 5.63. The Balaban J connectivity index is 2.30. The highest BCUT2D eigenvalue weighted by Gasteiger charge is 2.08. The molecular weight excluding hydrogens is 136 g/mol. The van der Waals surface area contributed by atoms with Crippen molar-refractivity contribution in [3.05, 3.63) is 12.2 Å². The molecule has 0 aromatic rings. The van der Waals surface area contributed by atoms with E-state index in [0.29, 0.717) is 6.10 Å². The molecule has 1 aliphatic rings.